The minimum Gasteiger partial charge on any atom is -0.465 e. The molecule has 1 aromatic carbocycles. The first-order valence-electron chi connectivity index (χ1n) is 10.2. The standard InChI is InChI=1S/C24H29NO6/c1-23(2,3)31-22(28)19-17(13-7-9-14(10-8-13)21(27)29-6)18-15(26)11-24(4,5)12-16(18)30-20(19)25/h7-10,17H,11-12,25H2,1-6H3. The van der Waals surface area contributed by atoms with E-state index in [0.717, 1.165) is 0 Å². The summed E-state index contributed by atoms with van der Waals surface area (Å²) in [5, 5.41) is 0. The van der Waals surface area contributed by atoms with Crippen molar-refractivity contribution in [1.82, 2.24) is 0 Å². The zero-order valence-corrected chi connectivity index (χ0v) is 18.8. The molecule has 1 aliphatic carbocycles. The van der Waals surface area contributed by atoms with Crippen LogP contribution in [0.4, 0.5) is 0 Å². The van der Waals surface area contributed by atoms with Gasteiger partial charge in [-0.15, -0.1) is 0 Å². The van der Waals surface area contributed by atoms with Gasteiger partial charge in [-0.3, -0.25) is 4.79 Å². The van der Waals surface area contributed by atoms with Gasteiger partial charge >= 0.3 is 11.9 Å². The summed E-state index contributed by atoms with van der Waals surface area (Å²) >= 11 is 0. The van der Waals surface area contributed by atoms with Crippen molar-refractivity contribution in [2.45, 2.75) is 59.0 Å². The van der Waals surface area contributed by atoms with Gasteiger partial charge in [-0.1, -0.05) is 26.0 Å². The summed E-state index contributed by atoms with van der Waals surface area (Å²) in [4.78, 5) is 38.1. The Labute approximate surface area is 182 Å². The van der Waals surface area contributed by atoms with E-state index in [2.05, 4.69) is 0 Å². The molecule has 0 bridgehead atoms. The van der Waals surface area contributed by atoms with Gasteiger partial charge in [0.15, 0.2) is 5.78 Å². The van der Waals surface area contributed by atoms with Crippen molar-refractivity contribution in [2.24, 2.45) is 11.1 Å². The average Bonchev–Trinajstić information content (AvgIpc) is 2.63. The molecule has 0 fully saturated rings. The Morgan fingerprint density at radius 1 is 1.10 bits per heavy atom. The van der Waals surface area contributed by atoms with E-state index in [9.17, 15) is 14.4 Å². The summed E-state index contributed by atoms with van der Waals surface area (Å²) in [5.74, 6) is -1.54. The van der Waals surface area contributed by atoms with Gasteiger partial charge in [0.1, 0.15) is 16.9 Å². The van der Waals surface area contributed by atoms with Gasteiger partial charge in [-0.05, 0) is 43.9 Å². The maximum atomic E-state index is 13.2. The Morgan fingerprint density at radius 2 is 1.71 bits per heavy atom. The third-order valence-electron chi connectivity index (χ3n) is 5.24. The second-order valence-electron chi connectivity index (χ2n) is 9.71. The minimum absolute atomic E-state index is 0.0689. The zero-order chi connectivity index (χ0) is 23.1. The van der Waals surface area contributed by atoms with Gasteiger partial charge < -0.3 is 19.9 Å². The number of carbonyl (C=O) groups excluding carboxylic acids is 3. The number of ketones is 1. The second kappa shape index (κ2) is 7.87. The first-order valence-corrected chi connectivity index (χ1v) is 10.2. The summed E-state index contributed by atoms with van der Waals surface area (Å²) in [5.41, 5.74) is 6.68. The van der Waals surface area contributed by atoms with Crippen LogP contribution in [0.25, 0.3) is 0 Å². The molecule has 0 spiro atoms. The van der Waals surface area contributed by atoms with Crippen molar-refractivity contribution >= 4 is 17.7 Å². The lowest BCUT2D eigenvalue weighted by atomic mass is 9.70. The van der Waals surface area contributed by atoms with E-state index in [4.69, 9.17) is 19.9 Å². The highest BCUT2D eigenvalue weighted by atomic mass is 16.6. The number of allylic oxidation sites excluding steroid dienone is 2. The van der Waals surface area contributed by atoms with Crippen molar-refractivity contribution in [3.8, 4) is 0 Å². The predicted octanol–water partition coefficient (Wildman–Crippen LogP) is 3.74. The van der Waals surface area contributed by atoms with E-state index < -0.39 is 23.5 Å². The Hall–Kier alpha value is -3.09. The number of Topliss-reactive ketones (excluding diaryl/α,β-unsaturated/α-hetero) is 1. The monoisotopic (exact) mass is 427 g/mol. The van der Waals surface area contributed by atoms with Crippen LogP contribution in [0.1, 0.15) is 69.3 Å². The lowest BCUT2D eigenvalue weighted by Gasteiger charge is -2.38. The Balaban J connectivity index is 2.14. The maximum Gasteiger partial charge on any atom is 0.340 e. The molecule has 7 heteroatoms. The normalized spacial score (nSPS) is 20.7. The molecular formula is C24H29NO6. The van der Waals surface area contributed by atoms with Crippen molar-refractivity contribution in [2.75, 3.05) is 7.11 Å². The van der Waals surface area contributed by atoms with Crippen LogP contribution in [-0.4, -0.2) is 30.4 Å². The summed E-state index contributed by atoms with van der Waals surface area (Å²) < 4.78 is 16.1. The maximum absolute atomic E-state index is 13.2. The highest BCUT2D eigenvalue weighted by molar-refractivity contribution is 6.03. The molecule has 0 saturated carbocycles. The number of ether oxygens (including phenoxy) is 3. The van der Waals surface area contributed by atoms with Crippen molar-refractivity contribution < 1.29 is 28.6 Å². The van der Waals surface area contributed by atoms with Crippen LogP contribution in [0.2, 0.25) is 0 Å². The van der Waals surface area contributed by atoms with Gasteiger partial charge in [0, 0.05) is 18.4 Å². The number of rotatable bonds is 3. The number of nitrogens with two attached hydrogens (primary N) is 1. The van der Waals surface area contributed by atoms with Crippen LogP contribution < -0.4 is 5.73 Å². The van der Waals surface area contributed by atoms with Crippen LogP contribution in [-0.2, 0) is 23.8 Å². The molecule has 1 unspecified atom stereocenters. The summed E-state index contributed by atoms with van der Waals surface area (Å²) in [7, 11) is 1.30. The SMILES string of the molecule is COC(=O)c1ccc(C2C(C(=O)OC(C)(C)C)=C(N)OC3=C2C(=O)CC(C)(C)C3)cc1. The fourth-order valence-electron chi connectivity index (χ4n) is 3.98. The molecule has 0 saturated heterocycles. The molecule has 2 aliphatic rings. The van der Waals surface area contributed by atoms with E-state index in [1.165, 1.54) is 7.11 Å². The Morgan fingerprint density at radius 3 is 2.26 bits per heavy atom. The quantitative estimate of drug-likeness (QED) is 0.733. The molecule has 3 rings (SSSR count). The van der Waals surface area contributed by atoms with E-state index in [-0.39, 0.29) is 22.7 Å². The molecule has 1 aliphatic heterocycles. The van der Waals surface area contributed by atoms with Crippen molar-refractivity contribution in [3.05, 3.63) is 58.2 Å². The molecule has 0 aromatic heterocycles. The number of hydrogen-bond donors (Lipinski definition) is 1. The number of esters is 2. The molecule has 166 valence electrons. The second-order valence-corrected chi connectivity index (χ2v) is 9.71. The highest BCUT2D eigenvalue weighted by Gasteiger charge is 2.45. The van der Waals surface area contributed by atoms with Gasteiger partial charge in [-0.2, -0.15) is 0 Å². The van der Waals surface area contributed by atoms with Crippen LogP contribution in [0.3, 0.4) is 0 Å². The highest BCUT2D eigenvalue weighted by Crippen LogP contribution is 2.48. The number of carbonyl (C=O) groups is 3. The van der Waals surface area contributed by atoms with Gasteiger partial charge in [0.25, 0.3) is 0 Å². The summed E-state index contributed by atoms with van der Waals surface area (Å²) in [6.07, 6.45) is 0.848. The summed E-state index contributed by atoms with van der Waals surface area (Å²) in [6.45, 7) is 9.24. The van der Waals surface area contributed by atoms with E-state index in [1.54, 1.807) is 45.0 Å². The molecule has 1 heterocycles. The van der Waals surface area contributed by atoms with Crippen LogP contribution in [0.15, 0.2) is 47.1 Å². The van der Waals surface area contributed by atoms with Crippen molar-refractivity contribution in [1.29, 1.82) is 0 Å². The topological polar surface area (TPSA) is 105 Å². The van der Waals surface area contributed by atoms with Crippen LogP contribution in [0.5, 0.6) is 0 Å². The largest absolute Gasteiger partial charge is 0.465 e. The third-order valence-corrected chi connectivity index (χ3v) is 5.24. The van der Waals surface area contributed by atoms with Crippen LogP contribution in [0, 0.1) is 5.41 Å². The van der Waals surface area contributed by atoms with Crippen LogP contribution >= 0.6 is 0 Å². The Kier molecular flexibility index (Phi) is 5.74. The molecule has 0 amide bonds. The van der Waals surface area contributed by atoms with Gasteiger partial charge in [0.2, 0.25) is 5.88 Å². The third kappa shape index (κ3) is 4.65. The number of benzene rings is 1. The first-order chi connectivity index (χ1) is 14.3. The molecule has 7 nitrogen and oxygen atoms in total. The predicted molar refractivity (Wildman–Crippen MR) is 114 cm³/mol. The number of methoxy groups -OCH3 is 1. The lowest BCUT2D eigenvalue weighted by molar-refractivity contribution is -0.150. The first kappa shape index (κ1) is 22.6. The van der Waals surface area contributed by atoms with E-state index >= 15 is 0 Å². The molecule has 2 N–H and O–H groups in total. The fraction of sp³-hybridized carbons (Fsp3) is 0.458. The molecule has 0 radical (unpaired) electrons. The van der Waals surface area contributed by atoms with E-state index in [0.29, 0.717) is 35.3 Å². The molecule has 31 heavy (non-hydrogen) atoms. The van der Waals surface area contributed by atoms with Gasteiger partial charge in [-0.25, -0.2) is 9.59 Å². The zero-order valence-electron chi connectivity index (χ0n) is 18.8. The minimum atomic E-state index is -0.753. The molecule has 1 atom stereocenters. The van der Waals surface area contributed by atoms with E-state index in [1.807, 2.05) is 13.8 Å². The van der Waals surface area contributed by atoms with Gasteiger partial charge in [0.05, 0.1) is 18.6 Å². The average molecular weight is 427 g/mol. The molecule has 1 aromatic rings. The fourth-order valence-corrected chi connectivity index (χ4v) is 3.98. The van der Waals surface area contributed by atoms with Crippen molar-refractivity contribution in [3.63, 3.8) is 0 Å². The smallest absolute Gasteiger partial charge is 0.340 e. The number of hydrogen-bond acceptors (Lipinski definition) is 7. The molecular weight excluding hydrogens is 398 g/mol. The summed E-state index contributed by atoms with van der Waals surface area (Å²) in [6, 6.07) is 6.57. The Bertz CT molecular complexity index is 992. The lowest BCUT2D eigenvalue weighted by Crippen LogP contribution is -2.37.